The zero-order valence-corrected chi connectivity index (χ0v) is 26.7. The molecule has 0 amide bonds. The summed E-state index contributed by atoms with van der Waals surface area (Å²) in [5.41, 5.74) is 11.9. The fourth-order valence-electron chi connectivity index (χ4n) is 7.50. The molecular formula is C46H38. The summed E-state index contributed by atoms with van der Waals surface area (Å²) in [4.78, 5) is 0. The molecule has 8 rings (SSSR count). The minimum Gasteiger partial charge on any atom is -0.0758 e. The first kappa shape index (κ1) is 28.3. The van der Waals surface area contributed by atoms with E-state index >= 15 is 0 Å². The molecule has 0 nitrogen and oxygen atoms in total. The Labute approximate surface area is 272 Å². The molecule has 6 aromatic carbocycles. The predicted octanol–water partition coefficient (Wildman–Crippen LogP) is 10.4. The third-order valence-corrected chi connectivity index (χ3v) is 9.85. The molecule has 0 saturated heterocycles. The van der Waals surface area contributed by atoms with Crippen molar-refractivity contribution in [1.29, 1.82) is 0 Å². The highest BCUT2D eigenvalue weighted by Gasteiger charge is 2.35. The Morgan fingerprint density at radius 2 is 1.00 bits per heavy atom. The van der Waals surface area contributed by atoms with E-state index in [1.54, 1.807) is 0 Å². The summed E-state index contributed by atoms with van der Waals surface area (Å²) in [6.07, 6.45) is 7.46. The molecule has 0 fully saturated rings. The van der Waals surface area contributed by atoms with E-state index in [4.69, 9.17) is 0 Å². The van der Waals surface area contributed by atoms with Crippen LogP contribution in [-0.2, 0) is 0 Å². The van der Waals surface area contributed by atoms with Crippen LogP contribution in [0.1, 0.15) is 31.9 Å². The van der Waals surface area contributed by atoms with Gasteiger partial charge in [0.2, 0.25) is 0 Å². The van der Waals surface area contributed by atoms with Crippen LogP contribution in [0.4, 0.5) is 0 Å². The highest BCUT2D eigenvalue weighted by atomic mass is 14.4. The zero-order chi connectivity index (χ0) is 31.3. The van der Waals surface area contributed by atoms with Crippen molar-refractivity contribution in [1.82, 2.24) is 0 Å². The van der Waals surface area contributed by atoms with Gasteiger partial charge >= 0.3 is 0 Å². The molecule has 0 radical (unpaired) electrons. The summed E-state index contributed by atoms with van der Waals surface area (Å²) >= 11 is 0. The molecule has 6 aromatic rings. The van der Waals surface area contributed by atoms with Crippen LogP contribution in [0.5, 0.6) is 0 Å². The van der Waals surface area contributed by atoms with Gasteiger partial charge in [0.05, 0.1) is 0 Å². The van der Waals surface area contributed by atoms with Gasteiger partial charge < -0.3 is 0 Å². The van der Waals surface area contributed by atoms with Crippen LogP contribution in [0.3, 0.4) is 0 Å². The minimum atomic E-state index is 0.0610. The molecule has 222 valence electrons. The summed E-state index contributed by atoms with van der Waals surface area (Å²) in [6, 6.07) is 53.6. The van der Waals surface area contributed by atoms with E-state index in [9.17, 15) is 0 Å². The summed E-state index contributed by atoms with van der Waals surface area (Å²) in [5, 5.41) is 5.23. The highest BCUT2D eigenvalue weighted by Crippen LogP contribution is 2.46. The number of hydrogen-bond donors (Lipinski definition) is 0. The lowest BCUT2D eigenvalue weighted by Crippen LogP contribution is -2.40. The second kappa shape index (κ2) is 11.3. The minimum absolute atomic E-state index is 0.0610. The van der Waals surface area contributed by atoms with E-state index in [-0.39, 0.29) is 17.3 Å². The van der Waals surface area contributed by atoms with Crippen molar-refractivity contribution >= 4 is 21.9 Å². The van der Waals surface area contributed by atoms with Gasteiger partial charge in [-0.3, -0.25) is 0 Å². The molecule has 2 unspecified atom stereocenters. The average molecular weight is 591 g/mol. The SMILES string of the molecule is CC(C)(C)C1=CC2C(c3ccc4ccccc4c3)=c3ccccc3=C(c3ccccc3-c3ccc(-c4ccccc4)cc3)C2C=C1. The molecule has 0 heterocycles. The van der Waals surface area contributed by atoms with Gasteiger partial charge in [-0.15, -0.1) is 0 Å². The Morgan fingerprint density at radius 1 is 0.435 bits per heavy atom. The van der Waals surface area contributed by atoms with Gasteiger partial charge in [-0.2, -0.15) is 0 Å². The quantitative estimate of drug-likeness (QED) is 0.192. The molecule has 0 aliphatic heterocycles. The van der Waals surface area contributed by atoms with E-state index < -0.39 is 0 Å². The van der Waals surface area contributed by atoms with E-state index in [1.165, 1.54) is 71.3 Å². The molecule has 0 heteroatoms. The first-order chi connectivity index (χ1) is 22.5. The van der Waals surface area contributed by atoms with Crippen molar-refractivity contribution in [2.45, 2.75) is 20.8 Å². The number of benzene rings is 6. The van der Waals surface area contributed by atoms with Crippen molar-refractivity contribution in [3.63, 3.8) is 0 Å². The smallest absolute Gasteiger partial charge is 0.0140 e. The maximum atomic E-state index is 2.57. The Balaban J connectivity index is 1.38. The number of rotatable bonds is 4. The first-order valence-corrected chi connectivity index (χ1v) is 16.4. The van der Waals surface area contributed by atoms with Gasteiger partial charge in [-0.1, -0.05) is 179 Å². The van der Waals surface area contributed by atoms with Crippen LogP contribution in [0.2, 0.25) is 0 Å². The number of hydrogen-bond acceptors (Lipinski definition) is 0. The maximum Gasteiger partial charge on any atom is 0.0140 e. The van der Waals surface area contributed by atoms with E-state index in [1.807, 2.05) is 0 Å². The molecule has 0 saturated carbocycles. The van der Waals surface area contributed by atoms with Gasteiger partial charge in [0.15, 0.2) is 0 Å². The lowest BCUT2D eigenvalue weighted by molar-refractivity contribution is 0.502. The molecule has 2 aliphatic rings. The van der Waals surface area contributed by atoms with Gasteiger partial charge in [0, 0.05) is 11.8 Å². The molecule has 2 atom stereocenters. The van der Waals surface area contributed by atoms with E-state index in [0.29, 0.717) is 0 Å². The highest BCUT2D eigenvalue weighted by molar-refractivity contribution is 5.90. The average Bonchev–Trinajstić information content (AvgIpc) is 3.10. The topological polar surface area (TPSA) is 0 Å². The van der Waals surface area contributed by atoms with Crippen molar-refractivity contribution in [3.8, 4) is 22.3 Å². The van der Waals surface area contributed by atoms with Crippen LogP contribution in [-0.4, -0.2) is 0 Å². The predicted molar refractivity (Wildman–Crippen MR) is 196 cm³/mol. The molecule has 0 N–H and O–H groups in total. The summed E-state index contributed by atoms with van der Waals surface area (Å²) in [5.74, 6) is 0.436. The number of fused-ring (bicyclic) bond motifs is 3. The van der Waals surface area contributed by atoms with Crippen LogP contribution < -0.4 is 10.4 Å². The Morgan fingerprint density at radius 3 is 1.74 bits per heavy atom. The molecule has 0 spiro atoms. The zero-order valence-electron chi connectivity index (χ0n) is 26.7. The summed E-state index contributed by atoms with van der Waals surface area (Å²) < 4.78 is 0. The maximum absolute atomic E-state index is 2.57. The van der Waals surface area contributed by atoms with Crippen molar-refractivity contribution in [2.24, 2.45) is 17.3 Å². The van der Waals surface area contributed by atoms with Crippen LogP contribution in [0.25, 0.3) is 44.2 Å². The van der Waals surface area contributed by atoms with E-state index in [2.05, 4.69) is 185 Å². The van der Waals surface area contributed by atoms with Crippen LogP contribution in [0.15, 0.2) is 169 Å². The van der Waals surface area contributed by atoms with Crippen molar-refractivity contribution < 1.29 is 0 Å². The number of allylic oxidation sites excluding steroid dienone is 4. The standard InChI is InChI=1S/C46H38/c1-46(2,3)37-27-28-42-43(30-37)44(36-26-23-32-15-7-8-16-35(32)29-36)40-19-11-12-20-41(40)45(42)39-18-10-9-17-38(39)34-24-21-33(22-25-34)31-13-5-4-6-14-31/h4-30,42-43H,1-3H3. The Kier molecular flexibility index (Phi) is 6.95. The third-order valence-electron chi connectivity index (χ3n) is 9.85. The fraction of sp³-hybridized carbons (Fsp3) is 0.130. The normalized spacial score (nSPS) is 17.4. The molecule has 0 bridgehead atoms. The molecule has 0 aromatic heterocycles. The van der Waals surface area contributed by atoms with E-state index in [0.717, 1.165) is 0 Å². The molecule has 2 aliphatic carbocycles. The second-order valence-corrected chi connectivity index (χ2v) is 13.7. The van der Waals surface area contributed by atoms with Crippen LogP contribution in [0, 0.1) is 17.3 Å². The van der Waals surface area contributed by atoms with Gasteiger partial charge in [0.1, 0.15) is 0 Å². The lowest BCUT2D eigenvalue weighted by Gasteiger charge is -2.37. The van der Waals surface area contributed by atoms with Gasteiger partial charge in [-0.05, 0) is 82.8 Å². The molecule has 46 heavy (non-hydrogen) atoms. The van der Waals surface area contributed by atoms with Gasteiger partial charge in [-0.25, -0.2) is 0 Å². The first-order valence-electron chi connectivity index (χ1n) is 16.4. The largest absolute Gasteiger partial charge is 0.0758 e. The van der Waals surface area contributed by atoms with Gasteiger partial charge in [0.25, 0.3) is 0 Å². The summed E-state index contributed by atoms with van der Waals surface area (Å²) in [7, 11) is 0. The van der Waals surface area contributed by atoms with Crippen molar-refractivity contribution in [2.75, 3.05) is 0 Å². The third kappa shape index (κ3) is 4.95. The Bertz CT molecular complexity index is 2270. The van der Waals surface area contributed by atoms with Crippen molar-refractivity contribution in [3.05, 3.63) is 191 Å². The fourth-order valence-corrected chi connectivity index (χ4v) is 7.50. The summed E-state index contributed by atoms with van der Waals surface area (Å²) in [6.45, 7) is 6.99. The lowest BCUT2D eigenvalue weighted by atomic mass is 9.66. The van der Waals surface area contributed by atoms with Crippen LogP contribution >= 0.6 is 0 Å². The molecular weight excluding hydrogens is 553 g/mol. The Hall–Kier alpha value is -5.20. The second-order valence-electron chi connectivity index (χ2n) is 13.7. The monoisotopic (exact) mass is 590 g/mol.